The summed E-state index contributed by atoms with van der Waals surface area (Å²) < 4.78 is 0. The molecule has 0 spiro atoms. The van der Waals surface area contributed by atoms with E-state index >= 15 is 0 Å². The van der Waals surface area contributed by atoms with Gasteiger partial charge in [0.1, 0.15) is 17.9 Å². The molecule has 0 aliphatic rings. The molecule has 0 fully saturated rings. The zero-order chi connectivity index (χ0) is 12.1. The van der Waals surface area contributed by atoms with Gasteiger partial charge in [-0.25, -0.2) is 4.98 Å². The van der Waals surface area contributed by atoms with Gasteiger partial charge in [-0.1, -0.05) is 0 Å². The van der Waals surface area contributed by atoms with Crippen molar-refractivity contribution in [3.8, 4) is 5.75 Å². The summed E-state index contributed by atoms with van der Waals surface area (Å²) in [6.07, 6.45) is 4.64. The molecule has 0 saturated heterocycles. The van der Waals surface area contributed by atoms with Crippen molar-refractivity contribution in [2.24, 2.45) is 0 Å². The van der Waals surface area contributed by atoms with Crippen LogP contribution in [-0.4, -0.2) is 37.7 Å². The van der Waals surface area contributed by atoms with E-state index in [1.165, 1.54) is 24.8 Å². The highest BCUT2D eigenvalue weighted by Gasteiger charge is 2.06. The van der Waals surface area contributed by atoms with E-state index in [9.17, 15) is 9.90 Å². The highest BCUT2D eigenvalue weighted by atomic mass is 16.3. The van der Waals surface area contributed by atoms with Crippen molar-refractivity contribution in [1.29, 1.82) is 0 Å². The van der Waals surface area contributed by atoms with Crippen LogP contribution in [0, 0.1) is 0 Å². The lowest BCUT2D eigenvalue weighted by Crippen LogP contribution is -2.26. The van der Waals surface area contributed by atoms with Gasteiger partial charge < -0.3 is 10.4 Å². The van der Waals surface area contributed by atoms with Crippen molar-refractivity contribution in [2.75, 3.05) is 6.54 Å². The molecule has 2 heterocycles. The Morgan fingerprint density at radius 3 is 3.06 bits per heavy atom. The number of pyridine rings is 1. The van der Waals surface area contributed by atoms with Crippen molar-refractivity contribution in [3.05, 3.63) is 36.2 Å². The van der Waals surface area contributed by atoms with Gasteiger partial charge in [-0.05, 0) is 6.07 Å². The van der Waals surface area contributed by atoms with Crippen LogP contribution in [0.1, 0.15) is 16.2 Å². The average Bonchev–Trinajstić information content (AvgIpc) is 2.82. The third kappa shape index (κ3) is 3.00. The summed E-state index contributed by atoms with van der Waals surface area (Å²) in [7, 11) is 0. The molecule has 0 unspecified atom stereocenters. The normalized spacial score (nSPS) is 10.1. The van der Waals surface area contributed by atoms with E-state index in [1.807, 2.05) is 0 Å². The first-order valence-corrected chi connectivity index (χ1v) is 5.02. The van der Waals surface area contributed by atoms with E-state index < -0.39 is 0 Å². The zero-order valence-electron chi connectivity index (χ0n) is 8.92. The van der Waals surface area contributed by atoms with Gasteiger partial charge in [0, 0.05) is 19.2 Å². The molecule has 0 saturated carbocycles. The number of nitrogens with zero attached hydrogens (tertiary/aromatic N) is 3. The Kier molecular flexibility index (Phi) is 3.29. The number of H-pyrrole nitrogens is 1. The van der Waals surface area contributed by atoms with Crippen LogP contribution >= 0.6 is 0 Å². The Morgan fingerprint density at radius 1 is 1.47 bits per heavy atom. The van der Waals surface area contributed by atoms with Gasteiger partial charge in [-0.3, -0.25) is 14.9 Å². The molecule has 3 N–H and O–H groups in total. The summed E-state index contributed by atoms with van der Waals surface area (Å²) in [5, 5.41) is 18.3. The van der Waals surface area contributed by atoms with Crippen LogP contribution in [0.5, 0.6) is 5.75 Å². The number of rotatable bonds is 4. The lowest BCUT2D eigenvalue weighted by Gasteiger charge is -2.03. The smallest absolute Gasteiger partial charge is 0.252 e. The summed E-state index contributed by atoms with van der Waals surface area (Å²) in [5.41, 5.74) is 0.322. The number of nitrogens with one attached hydrogen (secondary N) is 2. The Bertz CT molecular complexity index is 497. The maximum Gasteiger partial charge on any atom is 0.252 e. The molecule has 0 aliphatic heterocycles. The minimum Gasteiger partial charge on any atom is -0.506 e. The number of aromatic hydroxyl groups is 1. The summed E-state index contributed by atoms with van der Waals surface area (Å²) in [6, 6.07) is 1.36. The van der Waals surface area contributed by atoms with Gasteiger partial charge in [-0.2, -0.15) is 5.10 Å². The van der Waals surface area contributed by atoms with Crippen molar-refractivity contribution < 1.29 is 9.90 Å². The molecule has 17 heavy (non-hydrogen) atoms. The van der Waals surface area contributed by atoms with Crippen LogP contribution in [0.4, 0.5) is 0 Å². The van der Waals surface area contributed by atoms with E-state index in [1.54, 1.807) is 0 Å². The molecule has 0 atom stereocenters. The second-order valence-electron chi connectivity index (χ2n) is 3.37. The predicted octanol–water partition coefficient (Wildman–Crippen LogP) is -0.122. The Morgan fingerprint density at radius 2 is 2.35 bits per heavy atom. The first kappa shape index (κ1) is 11.1. The van der Waals surface area contributed by atoms with E-state index in [0.29, 0.717) is 24.4 Å². The van der Waals surface area contributed by atoms with Crippen molar-refractivity contribution in [1.82, 2.24) is 25.5 Å². The number of amides is 1. The van der Waals surface area contributed by atoms with Crippen LogP contribution in [0.3, 0.4) is 0 Å². The number of aromatic nitrogens is 4. The molecule has 0 aliphatic carbocycles. The van der Waals surface area contributed by atoms with E-state index in [4.69, 9.17) is 0 Å². The number of hydrogen-bond acceptors (Lipinski definition) is 5. The first-order valence-electron chi connectivity index (χ1n) is 5.02. The third-order valence-electron chi connectivity index (χ3n) is 2.10. The van der Waals surface area contributed by atoms with Crippen LogP contribution in [0.15, 0.2) is 24.8 Å². The van der Waals surface area contributed by atoms with Crippen molar-refractivity contribution >= 4 is 5.91 Å². The minimum atomic E-state index is -0.284. The molecule has 2 aromatic rings. The number of aromatic amines is 1. The first-order chi connectivity index (χ1) is 8.25. The van der Waals surface area contributed by atoms with Crippen LogP contribution < -0.4 is 5.32 Å². The van der Waals surface area contributed by atoms with E-state index in [2.05, 4.69) is 25.5 Å². The fourth-order valence-corrected chi connectivity index (χ4v) is 1.30. The molecule has 0 bridgehead atoms. The Hall–Kier alpha value is -2.44. The maximum absolute atomic E-state index is 11.6. The summed E-state index contributed by atoms with van der Waals surface area (Å²) in [4.78, 5) is 19.3. The molecule has 0 radical (unpaired) electrons. The fourth-order valence-electron chi connectivity index (χ4n) is 1.30. The standard InChI is InChI=1S/C10H11N5O2/c16-8-3-7(4-11-5-8)10(17)12-2-1-9-13-6-14-15-9/h3-6,16H,1-2H2,(H,12,17)(H,13,14,15). The van der Waals surface area contributed by atoms with Crippen molar-refractivity contribution in [2.45, 2.75) is 6.42 Å². The van der Waals surface area contributed by atoms with Gasteiger partial charge >= 0.3 is 0 Å². The largest absolute Gasteiger partial charge is 0.506 e. The minimum absolute atomic E-state index is 0.0344. The molecule has 2 aromatic heterocycles. The van der Waals surface area contributed by atoms with Crippen LogP contribution in [0.2, 0.25) is 0 Å². The zero-order valence-corrected chi connectivity index (χ0v) is 8.92. The second-order valence-corrected chi connectivity index (χ2v) is 3.37. The predicted molar refractivity (Wildman–Crippen MR) is 58.3 cm³/mol. The molecule has 1 amide bonds. The summed E-state index contributed by atoms with van der Waals surface area (Å²) in [6.45, 7) is 0.434. The Labute approximate surface area is 96.9 Å². The average molecular weight is 233 g/mol. The van der Waals surface area contributed by atoms with Gasteiger partial charge in [0.25, 0.3) is 5.91 Å². The lowest BCUT2D eigenvalue weighted by molar-refractivity contribution is 0.0953. The molecule has 2 rings (SSSR count). The van der Waals surface area contributed by atoms with Crippen LogP contribution in [-0.2, 0) is 6.42 Å². The van der Waals surface area contributed by atoms with Crippen LogP contribution in [0.25, 0.3) is 0 Å². The molecule has 88 valence electrons. The highest BCUT2D eigenvalue weighted by Crippen LogP contribution is 2.07. The Balaban J connectivity index is 1.85. The quantitative estimate of drug-likeness (QED) is 0.682. The second kappa shape index (κ2) is 5.06. The van der Waals surface area contributed by atoms with Gasteiger partial charge in [0.05, 0.1) is 11.8 Å². The fraction of sp³-hybridized carbons (Fsp3) is 0.200. The summed E-state index contributed by atoms with van der Waals surface area (Å²) in [5.74, 6) is 0.389. The number of hydrogen-bond donors (Lipinski definition) is 3. The monoisotopic (exact) mass is 233 g/mol. The van der Waals surface area contributed by atoms with E-state index in [0.717, 1.165) is 0 Å². The number of carbonyl (C=O) groups is 1. The SMILES string of the molecule is O=C(NCCc1ncn[nH]1)c1cncc(O)c1. The molecule has 7 nitrogen and oxygen atoms in total. The third-order valence-corrected chi connectivity index (χ3v) is 2.10. The van der Waals surface area contributed by atoms with Crippen molar-refractivity contribution in [3.63, 3.8) is 0 Å². The highest BCUT2D eigenvalue weighted by molar-refractivity contribution is 5.94. The maximum atomic E-state index is 11.6. The molecular formula is C10H11N5O2. The number of carbonyl (C=O) groups excluding carboxylic acids is 1. The molecule has 0 aromatic carbocycles. The van der Waals surface area contributed by atoms with E-state index in [-0.39, 0.29) is 11.7 Å². The summed E-state index contributed by atoms with van der Waals surface area (Å²) >= 11 is 0. The van der Waals surface area contributed by atoms with Gasteiger partial charge in [0.2, 0.25) is 0 Å². The van der Waals surface area contributed by atoms with Gasteiger partial charge in [0.15, 0.2) is 0 Å². The molecular weight excluding hydrogens is 222 g/mol. The molecule has 7 heteroatoms. The van der Waals surface area contributed by atoms with Gasteiger partial charge in [-0.15, -0.1) is 0 Å². The topological polar surface area (TPSA) is 104 Å². The lowest BCUT2D eigenvalue weighted by atomic mass is 10.2.